The molecule has 6 heteroatoms. The lowest BCUT2D eigenvalue weighted by Crippen LogP contribution is -2.40. The Morgan fingerprint density at radius 3 is 2.80 bits per heavy atom. The lowest BCUT2D eigenvalue weighted by atomic mass is 9.84. The van der Waals surface area contributed by atoms with E-state index in [-0.39, 0.29) is 11.9 Å². The van der Waals surface area contributed by atoms with Gasteiger partial charge in [-0.25, -0.2) is 9.97 Å². The number of amides is 1. The summed E-state index contributed by atoms with van der Waals surface area (Å²) in [6, 6.07) is 8.09. The minimum absolute atomic E-state index is 0.0249. The van der Waals surface area contributed by atoms with Crippen molar-refractivity contribution in [1.82, 2.24) is 15.3 Å². The molecule has 0 saturated heterocycles. The summed E-state index contributed by atoms with van der Waals surface area (Å²) in [5.74, 6) is 2.34. The number of thiophene rings is 1. The van der Waals surface area contributed by atoms with Crippen LogP contribution in [-0.2, 0) is 0 Å². The van der Waals surface area contributed by atoms with Crippen LogP contribution >= 0.6 is 23.1 Å². The van der Waals surface area contributed by atoms with E-state index in [1.54, 1.807) is 29.4 Å². The Balaban J connectivity index is 1.39. The average Bonchev–Trinajstić information content (AvgIpc) is 3.44. The standard InChI is InChI=1S/C24H27N3OS2/c1-13-15(3)29-23-21(13)24(26-12-25-23)30-20-7-5-4-6-18(20)22(28)27-14(2)19-11-16-8-9-17(19)10-16/h4-7,12,14,16-17,19H,8-11H2,1-3H3,(H,27,28)/t14-,16-,17-,19+/m0/s1. The zero-order chi connectivity index (χ0) is 20.8. The van der Waals surface area contributed by atoms with Crippen LogP contribution in [0, 0.1) is 31.6 Å². The molecule has 2 bridgehead atoms. The minimum atomic E-state index is 0.0249. The highest BCUT2D eigenvalue weighted by Gasteiger charge is 2.42. The SMILES string of the molecule is Cc1sc2ncnc(Sc3ccccc3C(=O)N[C@@H](C)[C@H]3C[C@H]4CC[C@H]3C4)c2c1C. The smallest absolute Gasteiger partial charge is 0.252 e. The van der Waals surface area contributed by atoms with Crippen LogP contribution in [-0.4, -0.2) is 21.9 Å². The van der Waals surface area contributed by atoms with Gasteiger partial charge >= 0.3 is 0 Å². The summed E-state index contributed by atoms with van der Waals surface area (Å²) >= 11 is 3.26. The predicted octanol–water partition coefficient (Wildman–Crippen LogP) is 6.01. The van der Waals surface area contributed by atoms with Crippen molar-refractivity contribution in [2.24, 2.45) is 17.8 Å². The number of aromatic nitrogens is 2. The molecule has 0 spiro atoms. The van der Waals surface area contributed by atoms with Crippen LogP contribution in [0.15, 0.2) is 40.5 Å². The third-order valence-corrected chi connectivity index (χ3v) is 9.26. The van der Waals surface area contributed by atoms with E-state index >= 15 is 0 Å². The summed E-state index contributed by atoms with van der Waals surface area (Å²) in [5.41, 5.74) is 1.96. The van der Waals surface area contributed by atoms with Crippen molar-refractivity contribution < 1.29 is 4.79 Å². The van der Waals surface area contributed by atoms with Crippen LogP contribution in [0.1, 0.15) is 53.4 Å². The van der Waals surface area contributed by atoms with Crippen LogP contribution in [0.25, 0.3) is 10.2 Å². The Morgan fingerprint density at radius 2 is 2.03 bits per heavy atom. The molecule has 0 unspecified atom stereocenters. The van der Waals surface area contributed by atoms with Gasteiger partial charge in [0.2, 0.25) is 0 Å². The molecule has 1 aromatic carbocycles. The molecule has 4 atom stereocenters. The number of rotatable bonds is 5. The summed E-state index contributed by atoms with van der Waals surface area (Å²) in [7, 11) is 0. The van der Waals surface area contributed by atoms with E-state index in [0.29, 0.717) is 5.92 Å². The van der Waals surface area contributed by atoms with Crippen molar-refractivity contribution in [2.45, 2.75) is 62.4 Å². The van der Waals surface area contributed by atoms with Crippen LogP contribution in [0.5, 0.6) is 0 Å². The first-order valence-corrected chi connectivity index (χ1v) is 12.4. The molecular weight excluding hydrogens is 410 g/mol. The van der Waals surface area contributed by atoms with Gasteiger partial charge in [-0.15, -0.1) is 11.3 Å². The van der Waals surface area contributed by atoms with Crippen molar-refractivity contribution in [2.75, 3.05) is 0 Å². The highest BCUT2D eigenvalue weighted by molar-refractivity contribution is 7.99. The Morgan fingerprint density at radius 1 is 1.20 bits per heavy atom. The van der Waals surface area contributed by atoms with Gasteiger partial charge in [0, 0.05) is 21.2 Å². The Labute approximate surface area is 185 Å². The molecule has 1 N–H and O–H groups in total. The van der Waals surface area contributed by atoms with Crippen molar-refractivity contribution >= 4 is 39.2 Å². The van der Waals surface area contributed by atoms with Gasteiger partial charge < -0.3 is 5.32 Å². The van der Waals surface area contributed by atoms with Gasteiger partial charge in [-0.3, -0.25) is 4.79 Å². The Bertz CT molecular complexity index is 1110. The molecule has 156 valence electrons. The Hall–Kier alpha value is -1.92. The fourth-order valence-corrected chi connectivity index (χ4v) is 7.51. The molecule has 0 radical (unpaired) electrons. The van der Waals surface area contributed by atoms with E-state index in [1.807, 2.05) is 24.3 Å². The van der Waals surface area contributed by atoms with Crippen molar-refractivity contribution in [3.05, 3.63) is 46.6 Å². The first-order valence-electron chi connectivity index (χ1n) is 10.8. The predicted molar refractivity (Wildman–Crippen MR) is 123 cm³/mol. The van der Waals surface area contributed by atoms with E-state index in [0.717, 1.165) is 37.5 Å². The lowest BCUT2D eigenvalue weighted by molar-refractivity contribution is 0.0912. The number of carbonyl (C=O) groups excluding carboxylic acids is 1. The maximum atomic E-state index is 13.2. The van der Waals surface area contributed by atoms with Gasteiger partial charge in [-0.1, -0.05) is 30.3 Å². The molecule has 0 aliphatic heterocycles. The summed E-state index contributed by atoms with van der Waals surface area (Å²) in [4.78, 5) is 25.4. The normalized spacial score (nSPS) is 23.8. The zero-order valence-corrected chi connectivity index (χ0v) is 19.3. The first-order chi connectivity index (χ1) is 14.5. The van der Waals surface area contributed by atoms with Crippen molar-refractivity contribution in [3.63, 3.8) is 0 Å². The molecule has 5 rings (SSSR count). The van der Waals surface area contributed by atoms with E-state index < -0.39 is 0 Å². The van der Waals surface area contributed by atoms with Gasteiger partial charge in [0.15, 0.2) is 0 Å². The molecule has 2 heterocycles. The summed E-state index contributed by atoms with van der Waals surface area (Å²) in [6.45, 7) is 6.43. The number of fused-ring (bicyclic) bond motifs is 3. The van der Waals surface area contributed by atoms with Gasteiger partial charge in [0.1, 0.15) is 16.2 Å². The number of benzene rings is 1. The quantitative estimate of drug-likeness (QED) is 0.496. The Kier molecular flexibility index (Phi) is 5.31. The largest absolute Gasteiger partial charge is 0.349 e. The lowest BCUT2D eigenvalue weighted by Gasteiger charge is -2.28. The van der Waals surface area contributed by atoms with Gasteiger partial charge in [-0.05, 0) is 75.5 Å². The van der Waals surface area contributed by atoms with E-state index in [1.165, 1.54) is 36.1 Å². The molecule has 30 heavy (non-hydrogen) atoms. The van der Waals surface area contributed by atoms with Crippen molar-refractivity contribution in [1.29, 1.82) is 0 Å². The van der Waals surface area contributed by atoms with Gasteiger partial charge in [0.25, 0.3) is 5.91 Å². The topological polar surface area (TPSA) is 54.9 Å². The average molecular weight is 438 g/mol. The van der Waals surface area contributed by atoms with E-state index in [9.17, 15) is 4.79 Å². The molecule has 2 fully saturated rings. The molecule has 2 saturated carbocycles. The fourth-order valence-electron chi connectivity index (χ4n) is 5.37. The number of aryl methyl sites for hydroxylation is 2. The molecule has 3 aromatic rings. The molecule has 4 nitrogen and oxygen atoms in total. The first kappa shape index (κ1) is 20.0. The molecule has 1 amide bonds. The highest BCUT2D eigenvalue weighted by atomic mass is 32.2. The fraction of sp³-hybridized carbons (Fsp3) is 0.458. The summed E-state index contributed by atoms with van der Waals surface area (Å²) < 4.78 is 0. The van der Waals surface area contributed by atoms with Crippen molar-refractivity contribution in [3.8, 4) is 0 Å². The second-order valence-corrected chi connectivity index (χ2v) is 11.1. The highest BCUT2D eigenvalue weighted by Crippen LogP contribution is 2.49. The molecular formula is C24H27N3OS2. The second-order valence-electron chi connectivity index (χ2n) is 8.84. The van der Waals surface area contributed by atoms with Gasteiger partial charge in [0.05, 0.1) is 5.56 Å². The summed E-state index contributed by atoms with van der Waals surface area (Å²) in [6.07, 6.45) is 6.99. The van der Waals surface area contributed by atoms with Gasteiger partial charge in [-0.2, -0.15) is 0 Å². The number of nitrogens with zero attached hydrogens (tertiary/aromatic N) is 2. The van der Waals surface area contributed by atoms with Crippen LogP contribution < -0.4 is 5.32 Å². The number of hydrogen-bond donors (Lipinski definition) is 1. The molecule has 2 aliphatic carbocycles. The molecule has 2 aliphatic rings. The molecule has 2 aromatic heterocycles. The van der Waals surface area contributed by atoms with E-state index in [4.69, 9.17) is 0 Å². The zero-order valence-electron chi connectivity index (χ0n) is 17.6. The third-order valence-electron chi connectivity index (χ3n) is 7.06. The van der Waals surface area contributed by atoms with Crippen LogP contribution in [0.4, 0.5) is 0 Å². The van der Waals surface area contributed by atoms with Crippen LogP contribution in [0.3, 0.4) is 0 Å². The summed E-state index contributed by atoms with van der Waals surface area (Å²) in [5, 5.41) is 5.35. The number of hydrogen-bond acceptors (Lipinski definition) is 5. The minimum Gasteiger partial charge on any atom is -0.349 e. The second kappa shape index (κ2) is 7.97. The third kappa shape index (κ3) is 3.54. The number of nitrogens with one attached hydrogen (secondary N) is 1. The maximum absolute atomic E-state index is 13.2. The monoisotopic (exact) mass is 437 g/mol. The number of carbonyl (C=O) groups is 1. The maximum Gasteiger partial charge on any atom is 0.252 e. The van der Waals surface area contributed by atoms with Crippen LogP contribution in [0.2, 0.25) is 0 Å². The van der Waals surface area contributed by atoms with E-state index in [2.05, 4.69) is 36.1 Å².